The molecule has 0 radical (unpaired) electrons. The highest BCUT2D eigenvalue weighted by molar-refractivity contribution is 5.69. The van der Waals surface area contributed by atoms with Crippen molar-refractivity contribution in [3.63, 3.8) is 0 Å². The molecule has 0 rings (SSSR count). The fourth-order valence-electron chi connectivity index (χ4n) is 6.66. The molecular formula is C53H92O4. The molecule has 0 spiro atoms. The van der Waals surface area contributed by atoms with Crippen LogP contribution in [-0.4, -0.2) is 37.0 Å². The van der Waals surface area contributed by atoms with E-state index in [9.17, 15) is 9.90 Å². The number of unbranched alkanes of at least 4 members (excludes halogenated alkanes) is 22. The highest BCUT2D eigenvalue weighted by atomic mass is 16.6. The number of rotatable bonds is 44. The van der Waals surface area contributed by atoms with Gasteiger partial charge in [0.2, 0.25) is 0 Å². The summed E-state index contributed by atoms with van der Waals surface area (Å²) >= 11 is 0. The van der Waals surface area contributed by atoms with Gasteiger partial charge in [-0.1, -0.05) is 227 Å². The first-order valence-electron chi connectivity index (χ1n) is 24.2. The van der Waals surface area contributed by atoms with Crippen LogP contribution < -0.4 is 0 Å². The lowest BCUT2D eigenvalue weighted by Crippen LogP contribution is -2.27. The Morgan fingerprint density at radius 1 is 0.439 bits per heavy atom. The normalized spacial score (nSPS) is 13.1. The molecule has 0 amide bonds. The number of carbonyl (C=O) groups is 1. The third kappa shape index (κ3) is 47.8. The molecule has 0 aliphatic heterocycles. The van der Waals surface area contributed by atoms with E-state index >= 15 is 0 Å². The van der Waals surface area contributed by atoms with Gasteiger partial charge in [-0.25, -0.2) is 0 Å². The van der Waals surface area contributed by atoms with Crippen LogP contribution in [0.2, 0.25) is 0 Å². The molecule has 1 N–H and O–H groups in total. The number of ether oxygens (including phenoxy) is 2. The van der Waals surface area contributed by atoms with Crippen molar-refractivity contribution < 1.29 is 19.4 Å². The number of hydrogen-bond acceptors (Lipinski definition) is 4. The van der Waals surface area contributed by atoms with Crippen LogP contribution in [0.25, 0.3) is 0 Å². The summed E-state index contributed by atoms with van der Waals surface area (Å²) in [6.45, 7) is 5.21. The van der Waals surface area contributed by atoms with Crippen LogP contribution in [0.3, 0.4) is 0 Å². The van der Waals surface area contributed by atoms with Crippen LogP contribution in [0, 0.1) is 0 Å². The lowest BCUT2D eigenvalue weighted by Gasteiger charge is -2.15. The van der Waals surface area contributed by atoms with Crippen molar-refractivity contribution in [2.45, 2.75) is 225 Å². The largest absolute Gasteiger partial charge is 0.457 e. The maximum atomic E-state index is 12.2. The topological polar surface area (TPSA) is 55.8 Å². The molecular weight excluding hydrogens is 701 g/mol. The van der Waals surface area contributed by atoms with Crippen LogP contribution in [0.15, 0.2) is 85.1 Å². The maximum absolute atomic E-state index is 12.2. The van der Waals surface area contributed by atoms with E-state index in [-0.39, 0.29) is 19.2 Å². The second-order valence-corrected chi connectivity index (χ2v) is 15.8. The molecule has 0 aliphatic rings. The van der Waals surface area contributed by atoms with Crippen LogP contribution in [0.4, 0.5) is 0 Å². The molecule has 0 aromatic rings. The number of aliphatic hydroxyl groups excluding tert-OH is 1. The minimum Gasteiger partial charge on any atom is -0.457 e. The fourth-order valence-corrected chi connectivity index (χ4v) is 6.66. The first-order chi connectivity index (χ1) is 28.2. The second-order valence-electron chi connectivity index (χ2n) is 15.8. The van der Waals surface area contributed by atoms with E-state index in [1.807, 2.05) is 0 Å². The zero-order chi connectivity index (χ0) is 41.2. The molecule has 4 nitrogen and oxygen atoms in total. The van der Waals surface area contributed by atoms with Gasteiger partial charge in [-0.3, -0.25) is 4.79 Å². The molecule has 0 bridgehead atoms. The monoisotopic (exact) mass is 793 g/mol. The average Bonchev–Trinajstić information content (AvgIpc) is 3.22. The minimum absolute atomic E-state index is 0.188. The standard InChI is InChI=1S/C53H92O4/c1-3-5-7-9-11-13-15-17-19-21-23-25-26-27-28-29-30-32-34-36-38-40-42-44-46-48-53(55)57-52(50-54)51-56-49-47-45-43-41-39-37-35-33-31-24-22-20-18-16-14-12-10-8-6-4-2/h5,7,11,13,17,19,23,25,27-28,30,32,36,38,52,54H,3-4,6,8-10,12,14-16,18,20-22,24,26,29,31,33-35,37,39-51H2,1-2H3/b7-5-,13-11-,19-17-,25-23-,28-27-,32-30-,38-36-. The van der Waals surface area contributed by atoms with Crippen molar-refractivity contribution in [1.29, 1.82) is 0 Å². The molecule has 4 heteroatoms. The Morgan fingerprint density at radius 3 is 1.18 bits per heavy atom. The molecule has 0 aromatic carbocycles. The zero-order valence-corrected chi connectivity index (χ0v) is 37.6. The van der Waals surface area contributed by atoms with E-state index < -0.39 is 6.10 Å². The Kier molecular flexibility index (Phi) is 47.6. The number of hydrogen-bond donors (Lipinski definition) is 1. The lowest BCUT2D eigenvalue weighted by atomic mass is 10.0. The predicted octanol–water partition coefficient (Wildman–Crippen LogP) is 16.3. The summed E-state index contributed by atoms with van der Waals surface area (Å²) in [6.07, 6.45) is 69.5. The van der Waals surface area contributed by atoms with Gasteiger partial charge in [0.15, 0.2) is 0 Å². The Labute approximate surface area is 354 Å². The molecule has 328 valence electrons. The molecule has 1 atom stereocenters. The van der Waals surface area contributed by atoms with Gasteiger partial charge in [0, 0.05) is 13.0 Å². The van der Waals surface area contributed by atoms with Gasteiger partial charge >= 0.3 is 5.97 Å². The van der Waals surface area contributed by atoms with Crippen molar-refractivity contribution in [2.24, 2.45) is 0 Å². The number of esters is 1. The van der Waals surface area contributed by atoms with Crippen molar-refractivity contribution in [2.75, 3.05) is 19.8 Å². The Morgan fingerprint density at radius 2 is 0.789 bits per heavy atom. The summed E-state index contributed by atoms with van der Waals surface area (Å²) in [5.74, 6) is -0.232. The quantitative estimate of drug-likeness (QED) is 0.0379. The van der Waals surface area contributed by atoms with Crippen molar-refractivity contribution in [3.8, 4) is 0 Å². The van der Waals surface area contributed by atoms with E-state index in [0.717, 1.165) is 77.0 Å². The van der Waals surface area contributed by atoms with Crippen LogP contribution in [0.1, 0.15) is 219 Å². The van der Waals surface area contributed by atoms with Crippen LogP contribution in [0.5, 0.6) is 0 Å². The van der Waals surface area contributed by atoms with Gasteiger partial charge in [0.05, 0.1) is 13.2 Å². The molecule has 1 unspecified atom stereocenters. The van der Waals surface area contributed by atoms with Gasteiger partial charge < -0.3 is 14.6 Å². The molecule has 0 fully saturated rings. The van der Waals surface area contributed by atoms with E-state index in [4.69, 9.17) is 9.47 Å². The lowest BCUT2D eigenvalue weighted by molar-refractivity contribution is -0.154. The predicted molar refractivity (Wildman–Crippen MR) is 251 cm³/mol. The van der Waals surface area contributed by atoms with Gasteiger partial charge in [-0.05, 0) is 70.6 Å². The van der Waals surface area contributed by atoms with Gasteiger partial charge in [-0.15, -0.1) is 0 Å². The first kappa shape index (κ1) is 54.6. The molecule has 0 saturated carbocycles. The van der Waals surface area contributed by atoms with Gasteiger partial charge in [0.25, 0.3) is 0 Å². The zero-order valence-electron chi connectivity index (χ0n) is 37.6. The number of aliphatic hydroxyl groups is 1. The SMILES string of the molecule is CC/C=C\C/C=C\C/C=C\C/C=C\C/C=C\C/C=C\C/C=C\CCCCCC(=O)OC(CO)COCCCCCCCCCCCCCCCCCCCCCC. The van der Waals surface area contributed by atoms with Gasteiger partial charge in [-0.2, -0.15) is 0 Å². The van der Waals surface area contributed by atoms with Crippen molar-refractivity contribution in [1.82, 2.24) is 0 Å². The summed E-state index contributed by atoms with van der Waals surface area (Å²) in [5, 5.41) is 9.63. The molecule has 0 aliphatic carbocycles. The summed E-state index contributed by atoms with van der Waals surface area (Å²) in [6, 6.07) is 0. The summed E-state index contributed by atoms with van der Waals surface area (Å²) in [5.41, 5.74) is 0. The van der Waals surface area contributed by atoms with Crippen molar-refractivity contribution in [3.05, 3.63) is 85.1 Å². The molecule has 0 heterocycles. The summed E-state index contributed by atoms with van der Waals surface area (Å²) in [4.78, 5) is 12.2. The van der Waals surface area contributed by atoms with E-state index in [0.29, 0.717) is 13.0 Å². The molecule has 0 aromatic heterocycles. The highest BCUT2D eigenvalue weighted by Crippen LogP contribution is 2.15. The third-order valence-electron chi connectivity index (χ3n) is 10.2. The number of allylic oxidation sites excluding steroid dienone is 14. The van der Waals surface area contributed by atoms with Gasteiger partial charge in [0.1, 0.15) is 6.10 Å². The summed E-state index contributed by atoms with van der Waals surface area (Å²) in [7, 11) is 0. The van der Waals surface area contributed by atoms with Crippen LogP contribution in [-0.2, 0) is 14.3 Å². The Balaban J connectivity index is 3.53. The fraction of sp³-hybridized carbons (Fsp3) is 0.717. The van der Waals surface area contributed by atoms with Crippen molar-refractivity contribution >= 4 is 5.97 Å². The highest BCUT2D eigenvalue weighted by Gasteiger charge is 2.13. The Bertz CT molecular complexity index is 1020. The number of carbonyl (C=O) groups excluding carboxylic acids is 1. The molecule has 0 saturated heterocycles. The van der Waals surface area contributed by atoms with Crippen LogP contribution >= 0.6 is 0 Å². The second kappa shape index (κ2) is 49.7. The average molecular weight is 793 g/mol. The van der Waals surface area contributed by atoms with E-state index in [1.54, 1.807) is 0 Å². The first-order valence-corrected chi connectivity index (χ1v) is 24.2. The smallest absolute Gasteiger partial charge is 0.306 e. The maximum Gasteiger partial charge on any atom is 0.306 e. The van der Waals surface area contributed by atoms with E-state index in [2.05, 4.69) is 98.9 Å². The summed E-state index contributed by atoms with van der Waals surface area (Å²) < 4.78 is 11.2. The minimum atomic E-state index is -0.556. The Hall–Kier alpha value is -2.43. The molecule has 57 heavy (non-hydrogen) atoms. The third-order valence-corrected chi connectivity index (χ3v) is 10.2. The van der Waals surface area contributed by atoms with E-state index in [1.165, 1.54) is 122 Å².